The van der Waals surface area contributed by atoms with Crippen LogP contribution in [0.25, 0.3) is 16.5 Å². The molecule has 2 aliphatic rings. The van der Waals surface area contributed by atoms with Gasteiger partial charge in [-0.15, -0.1) is 5.10 Å². The lowest BCUT2D eigenvalue weighted by atomic mass is 9.70. The van der Waals surface area contributed by atoms with Crippen LogP contribution in [0.4, 0.5) is 0 Å². The summed E-state index contributed by atoms with van der Waals surface area (Å²) in [5.74, 6) is 1.32. The molecular formula is C27H22ClN3O2. The second-order valence-corrected chi connectivity index (χ2v) is 10.0. The molecule has 0 saturated heterocycles. The molecule has 1 aliphatic carbocycles. The fraction of sp³-hybridized carbons (Fsp3) is 0.222. The van der Waals surface area contributed by atoms with Crippen molar-refractivity contribution in [1.82, 2.24) is 15.0 Å². The lowest BCUT2D eigenvalue weighted by Gasteiger charge is -2.38. The van der Waals surface area contributed by atoms with Gasteiger partial charge < -0.3 is 4.74 Å². The quantitative estimate of drug-likeness (QED) is 0.359. The Kier molecular flexibility index (Phi) is 4.46. The summed E-state index contributed by atoms with van der Waals surface area (Å²) in [4.78, 5) is 13.5. The Hall–Kier alpha value is -3.44. The highest BCUT2D eigenvalue weighted by Gasteiger charge is 2.43. The number of ether oxygens (including phenoxy) is 1. The molecule has 0 saturated carbocycles. The fourth-order valence-corrected chi connectivity index (χ4v) is 5.18. The Labute approximate surface area is 196 Å². The number of halogens is 1. The number of aromatic nitrogens is 3. The molecule has 33 heavy (non-hydrogen) atoms. The zero-order valence-corrected chi connectivity index (χ0v) is 19.1. The van der Waals surface area contributed by atoms with Gasteiger partial charge in [-0.2, -0.15) is 0 Å². The van der Waals surface area contributed by atoms with Crippen molar-refractivity contribution in [3.05, 3.63) is 94.5 Å². The average molecular weight is 456 g/mol. The smallest absolute Gasteiger partial charge is 0.163 e. The molecule has 164 valence electrons. The van der Waals surface area contributed by atoms with Crippen molar-refractivity contribution in [2.75, 3.05) is 0 Å². The summed E-state index contributed by atoms with van der Waals surface area (Å²) in [6.45, 7) is 4.22. The number of carbonyl (C=O) groups excluding carboxylic acids is 1. The predicted octanol–water partition coefficient (Wildman–Crippen LogP) is 6.24. The van der Waals surface area contributed by atoms with Crippen molar-refractivity contribution < 1.29 is 9.53 Å². The van der Waals surface area contributed by atoms with E-state index in [1.807, 2.05) is 48.7 Å². The first-order valence-corrected chi connectivity index (χ1v) is 11.4. The van der Waals surface area contributed by atoms with Gasteiger partial charge in [-0.1, -0.05) is 61.0 Å². The number of rotatable bonds is 2. The highest BCUT2D eigenvalue weighted by Crippen LogP contribution is 2.51. The molecular weight excluding hydrogens is 434 g/mol. The van der Waals surface area contributed by atoms with E-state index in [2.05, 4.69) is 42.4 Å². The summed E-state index contributed by atoms with van der Waals surface area (Å²) in [6.07, 6.45) is 3.10. The van der Waals surface area contributed by atoms with Gasteiger partial charge in [0.1, 0.15) is 11.5 Å². The fourth-order valence-electron chi connectivity index (χ4n) is 5.05. The summed E-state index contributed by atoms with van der Waals surface area (Å²) >= 11 is 6.05. The van der Waals surface area contributed by atoms with Crippen LogP contribution in [-0.4, -0.2) is 20.8 Å². The maximum Gasteiger partial charge on any atom is 0.163 e. The van der Waals surface area contributed by atoms with Crippen LogP contribution in [0, 0.1) is 5.41 Å². The Morgan fingerprint density at radius 2 is 1.82 bits per heavy atom. The van der Waals surface area contributed by atoms with Crippen molar-refractivity contribution in [2.24, 2.45) is 5.41 Å². The molecule has 2 heterocycles. The summed E-state index contributed by atoms with van der Waals surface area (Å²) in [5.41, 5.74) is 3.12. The van der Waals surface area contributed by atoms with E-state index in [9.17, 15) is 4.79 Å². The van der Waals surface area contributed by atoms with E-state index in [1.54, 1.807) is 4.68 Å². The van der Waals surface area contributed by atoms with Gasteiger partial charge in [0.25, 0.3) is 0 Å². The number of allylic oxidation sites excluding steroid dienone is 2. The number of nitrogens with zero attached hydrogens (tertiary/aromatic N) is 3. The number of fused-ring (bicyclic) bond motifs is 3. The number of hydrogen-bond acceptors (Lipinski definition) is 4. The summed E-state index contributed by atoms with van der Waals surface area (Å²) in [5, 5.41) is 11.7. The summed E-state index contributed by atoms with van der Waals surface area (Å²) in [6, 6.07) is 19.7. The summed E-state index contributed by atoms with van der Waals surface area (Å²) < 4.78 is 8.12. The zero-order valence-electron chi connectivity index (χ0n) is 18.4. The standard InChI is InChI=1S/C27H22ClN3O2/c1-27(2)13-21(32)26-23(14-27)33-22-12-7-16-5-3-4-6-19(16)24(22)25(26)20-15-31(30-29-20)18-10-8-17(28)9-11-18/h3-12,15,25H,13-14H2,1-2H3. The maximum absolute atomic E-state index is 13.5. The molecule has 0 fully saturated rings. The minimum absolute atomic E-state index is 0.117. The van der Waals surface area contributed by atoms with Gasteiger partial charge in [-0.3, -0.25) is 4.79 Å². The van der Waals surface area contributed by atoms with Gasteiger partial charge in [0.05, 0.1) is 23.5 Å². The van der Waals surface area contributed by atoms with Crippen LogP contribution in [0.3, 0.4) is 0 Å². The summed E-state index contributed by atoms with van der Waals surface area (Å²) in [7, 11) is 0. The molecule has 4 aromatic rings. The number of benzene rings is 3. The van der Waals surface area contributed by atoms with E-state index in [1.165, 1.54) is 0 Å². The van der Waals surface area contributed by atoms with E-state index in [0.717, 1.165) is 39.2 Å². The van der Waals surface area contributed by atoms with Gasteiger partial charge >= 0.3 is 0 Å². The normalized spacial score (nSPS) is 19.2. The van der Waals surface area contributed by atoms with Crippen LogP contribution in [0.5, 0.6) is 5.75 Å². The molecule has 0 N–H and O–H groups in total. The molecule has 0 spiro atoms. The van der Waals surface area contributed by atoms with Gasteiger partial charge in [0.15, 0.2) is 5.78 Å². The molecule has 0 bridgehead atoms. The molecule has 1 unspecified atom stereocenters. The molecule has 5 nitrogen and oxygen atoms in total. The minimum Gasteiger partial charge on any atom is -0.461 e. The van der Waals surface area contributed by atoms with E-state index >= 15 is 0 Å². The molecule has 0 amide bonds. The zero-order chi connectivity index (χ0) is 22.7. The van der Waals surface area contributed by atoms with Crippen molar-refractivity contribution >= 4 is 28.2 Å². The monoisotopic (exact) mass is 455 g/mol. The number of Topliss-reactive ketones (excluding diaryl/α,β-unsaturated/α-hetero) is 1. The minimum atomic E-state index is -0.334. The van der Waals surface area contributed by atoms with Gasteiger partial charge in [0, 0.05) is 29.0 Å². The maximum atomic E-state index is 13.5. The molecule has 6 rings (SSSR count). The Balaban J connectivity index is 1.57. The highest BCUT2D eigenvalue weighted by molar-refractivity contribution is 6.30. The van der Waals surface area contributed by atoms with Crippen molar-refractivity contribution in [3.8, 4) is 11.4 Å². The van der Waals surface area contributed by atoms with Gasteiger partial charge in [-0.05, 0) is 46.5 Å². The molecule has 1 aliphatic heterocycles. The van der Waals surface area contributed by atoms with E-state index in [4.69, 9.17) is 16.3 Å². The van der Waals surface area contributed by atoms with Crippen LogP contribution in [0.1, 0.15) is 43.9 Å². The van der Waals surface area contributed by atoms with Crippen LogP contribution >= 0.6 is 11.6 Å². The topological polar surface area (TPSA) is 57.0 Å². The third-order valence-corrected chi connectivity index (χ3v) is 6.77. The lowest BCUT2D eigenvalue weighted by molar-refractivity contribution is -0.118. The SMILES string of the molecule is CC1(C)CC(=O)C2=C(C1)Oc1ccc3ccccc3c1C2c1cn(-c2ccc(Cl)cc2)nn1. The lowest BCUT2D eigenvalue weighted by Crippen LogP contribution is -2.33. The first-order valence-electron chi connectivity index (χ1n) is 11.0. The van der Waals surface area contributed by atoms with Crippen LogP contribution in [0.15, 0.2) is 78.2 Å². The largest absolute Gasteiger partial charge is 0.461 e. The second kappa shape index (κ2) is 7.29. The molecule has 6 heteroatoms. The number of hydrogen-bond donors (Lipinski definition) is 0. The predicted molar refractivity (Wildman–Crippen MR) is 128 cm³/mol. The first kappa shape index (κ1) is 20.2. The average Bonchev–Trinajstić information content (AvgIpc) is 3.27. The van der Waals surface area contributed by atoms with Crippen LogP contribution in [0.2, 0.25) is 5.02 Å². The highest BCUT2D eigenvalue weighted by atomic mass is 35.5. The van der Waals surface area contributed by atoms with Crippen LogP contribution in [-0.2, 0) is 4.79 Å². The number of ketones is 1. The van der Waals surface area contributed by atoms with Crippen molar-refractivity contribution in [2.45, 2.75) is 32.6 Å². The molecule has 3 aromatic carbocycles. The van der Waals surface area contributed by atoms with Crippen molar-refractivity contribution in [3.63, 3.8) is 0 Å². The van der Waals surface area contributed by atoms with E-state index in [-0.39, 0.29) is 17.1 Å². The van der Waals surface area contributed by atoms with E-state index < -0.39 is 0 Å². The molecule has 1 aromatic heterocycles. The Morgan fingerprint density at radius 1 is 1.03 bits per heavy atom. The molecule has 1 atom stereocenters. The van der Waals surface area contributed by atoms with Crippen molar-refractivity contribution in [1.29, 1.82) is 0 Å². The van der Waals surface area contributed by atoms with Crippen LogP contribution < -0.4 is 4.74 Å². The van der Waals surface area contributed by atoms with Gasteiger partial charge in [0.2, 0.25) is 0 Å². The first-order chi connectivity index (χ1) is 15.9. The number of carbonyl (C=O) groups is 1. The second-order valence-electron chi connectivity index (χ2n) is 9.58. The Bertz CT molecular complexity index is 1450. The van der Waals surface area contributed by atoms with Gasteiger partial charge in [-0.25, -0.2) is 4.68 Å². The third kappa shape index (κ3) is 3.35. The Morgan fingerprint density at radius 3 is 2.64 bits per heavy atom. The van der Waals surface area contributed by atoms with E-state index in [0.29, 0.717) is 23.4 Å². The third-order valence-electron chi connectivity index (χ3n) is 6.52. The molecule has 0 radical (unpaired) electrons.